The zero-order valence-electron chi connectivity index (χ0n) is 8.92. The predicted molar refractivity (Wildman–Crippen MR) is 54.5 cm³/mol. The Bertz CT molecular complexity index is 174. The highest BCUT2D eigenvalue weighted by atomic mass is 31.2. The molecule has 0 fully saturated rings. The number of rotatable bonds is 10. The molecule has 0 bridgehead atoms. The SMILES string of the molecule is CCCCOP(=O)(OCCO)OCCO. The van der Waals surface area contributed by atoms with Gasteiger partial charge in [0, 0.05) is 0 Å². The van der Waals surface area contributed by atoms with Gasteiger partial charge in [-0.15, -0.1) is 0 Å². The van der Waals surface area contributed by atoms with E-state index in [0.717, 1.165) is 12.8 Å². The normalized spacial score (nSPS) is 11.9. The number of hydrogen-bond donors (Lipinski definition) is 2. The second-order valence-electron chi connectivity index (χ2n) is 2.75. The Hall–Kier alpha value is 0.0300. The van der Waals surface area contributed by atoms with Crippen LogP contribution in [0.1, 0.15) is 19.8 Å². The Labute approximate surface area is 89.8 Å². The van der Waals surface area contributed by atoms with Crippen LogP contribution in [0.2, 0.25) is 0 Å². The van der Waals surface area contributed by atoms with Crippen molar-refractivity contribution < 1.29 is 28.3 Å². The monoisotopic (exact) mass is 242 g/mol. The molecule has 0 aromatic rings. The highest BCUT2D eigenvalue weighted by Gasteiger charge is 2.25. The number of unbranched alkanes of at least 4 members (excludes halogenated alkanes) is 1. The van der Waals surface area contributed by atoms with E-state index in [-0.39, 0.29) is 33.0 Å². The first-order valence-corrected chi connectivity index (χ1v) is 6.40. The maximum atomic E-state index is 11.7. The maximum absolute atomic E-state index is 11.7. The minimum atomic E-state index is -3.60. The number of hydrogen-bond acceptors (Lipinski definition) is 6. The molecule has 0 saturated carbocycles. The van der Waals surface area contributed by atoms with E-state index >= 15 is 0 Å². The Kier molecular flexibility index (Phi) is 9.29. The molecular formula is C8H19O6P. The molecule has 0 radical (unpaired) electrons. The van der Waals surface area contributed by atoms with Gasteiger partial charge in [-0.05, 0) is 6.42 Å². The van der Waals surface area contributed by atoms with Crippen LogP contribution >= 0.6 is 7.82 Å². The summed E-state index contributed by atoms with van der Waals surface area (Å²) in [7, 11) is -3.60. The fraction of sp³-hybridized carbons (Fsp3) is 1.00. The van der Waals surface area contributed by atoms with E-state index in [1.807, 2.05) is 6.92 Å². The molecule has 92 valence electrons. The lowest BCUT2D eigenvalue weighted by Gasteiger charge is -2.16. The van der Waals surface area contributed by atoms with Crippen molar-refractivity contribution >= 4 is 7.82 Å². The minimum Gasteiger partial charge on any atom is -0.394 e. The molecule has 6 nitrogen and oxygen atoms in total. The van der Waals surface area contributed by atoms with Crippen LogP contribution < -0.4 is 0 Å². The molecule has 7 heteroatoms. The van der Waals surface area contributed by atoms with E-state index in [9.17, 15) is 4.57 Å². The molecule has 0 aliphatic rings. The lowest BCUT2D eigenvalue weighted by atomic mass is 10.4. The van der Waals surface area contributed by atoms with Gasteiger partial charge in [-0.25, -0.2) is 4.57 Å². The highest BCUT2D eigenvalue weighted by molar-refractivity contribution is 7.48. The number of phosphoric acid groups is 1. The van der Waals surface area contributed by atoms with Crippen molar-refractivity contribution in [2.45, 2.75) is 19.8 Å². The largest absolute Gasteiger partial charge is 0.474 e. The van der Waals surface area contributed by atoms with Gasteiger partial charge in [0.25, 0.3) is 0 Å². The molecule has 0 aliphatic carbocycles. The minimum absolute atomic E-state index is 0.116. The predicted octanol–water partition coefficient (Wildman–Crippen LogP) is 0.929. The van der Waals surface area contributed by atoms with Gasteiger partial charge in [-0.1, -0.05) is 13.3 Å². The quantitative estimate of drug-likeness (QED) is 0.438. The van der Waals surface area contributed by atoms with Gasteiger partial charge >= 0.3 is 7.82 Å². The molecule has 0 aromatic carbocycles. The van der Waals surface area contributed by atoms with Crippen LogP contribution in [0.25, 0.3) is 0 Å². The molecule has 0 heterocycles. The lowest BCUT2D eigenvalue weighted by Crippen LogP contribution is -2.07. The molecular weight excluding hydrogens is 223 g/mol. The molecule has 15 heavy (non-hydrogen) atoms. The first-order valence-electron chi connectivity index (χ1n) is 4.94. The first-order chi connectivity index (χ1) is 7.18. The Balaban J connectivity index is 3.96. The molecule has 0 aliphatic heterocycles. The third-order valence-corrected chi connectivity index (χ3v) is 2.93. The van der Waals surface area contributed by atoms with E-state index in [0.29, 0.717) is 0 Å². The third kappa shape index (κ3) is 7.90. The summed E-state index contributed by atoms with van der Waals surface area (Å²) in [5.41, 5.74) is 0. The zero-order valence-corrected chi connectivity index (χ0v) is 9.82. The number of aliphatic hydroxyl groups is 2. The van der Waals surface area contributed by atoms with E-state index in [2.05, 4.69) is 0 Å². The van der Waals surface area contributed by atoms with Crippen molar-refractivity contribution in [2.75, 3.05) is 33.0 Å². The summed E-state index contributed by atoms with van der Waals surface area (Å²) in [5.74, 6) is 0. The molecule has 2 N–H and O–H groups in total. The highest BCUT2D eigenvalue weighted by Crippen LogP contribution is 2.49. The standard InChI is InChI=1S/C8H19O6P/c1-2-3-6-12-15(11,13-7-4-9)14-8-5-10/h9-10H,2-8H2,1H3. The lowest BCUT2D eigenvalue weighted by molar-refractivity contribution is 0.0827. The smallest absolute Gasteiger partial charge is 0.394 e. The fourth-order valence-electron chi connectivity index (χ4n) is 0.738. The third-order valence-electron chi connectivity index (χ3n) is 1.43. The molecule has 0 spiro atoms. The Morgan fingerprint density at radius 2 is 1.47 bits per heavy atom. The molecule has 0 atom stereocenters. The average molecular weight is 242 g/mol. The van der Waals surface area contributed by atoms with Crippen molar-refractivity contribution in [1.82, 2.24) is 0 Å². The van der Waals surface area contributed by atoms with E-state index in [4.69, 9.17) is 23.8 Å². The molecule has 0 unspecified atom stereocenters. The van der Waals surface area contributed by atoms with Crippen LogP contribution in [-0.2, 0) is 18.1 Å². The molecule has 0 saturated heterocycles. The van der Waals surface area contributed by atoms with E-state index in [1.165, 1.54) is 0 Å². The van der Waals surface area contributed by atoms with Crippen LogP contribution in [-0.4, -0.2) is 43.2 Å². The summed E-state index contributed by atoms with van der Waals surface area (Å²) < 4.78 is 26.2. The summed E-state index contributed by atoms with van der Waals surface area (Å²) in [4.78, 5) is 0. The van der Waals surface area contributed by atoms with E-state index in [1.54, 1.807) is 0 Å². The van der Waals surface area contributed by atoms with Gasteiger partial charge in [0.2, 0.25) is 0 Å². The Morgan fingerprint density at radius 3 is 1.87 bits per heavy atom. The fourth-order valence-corrected chi connectivity index (χ4v) is 1.92. The summed E-state index contributed by atoms with van der Waals surface area (Å²) in [6.07, 6.45) is 1.65. The number of phosphoric ester groups is 1. The number of aliphatic hydroxyl groups excluding tert-OH is 2. The molecule has 0 amide bonds. The van der Waals surface area contributed by atoms with Crippen molar-refractivity contribution in [3.05, 3.63) is 0 Å². The van der Waals surface area contributed by atoms with Crippen LogP contribution in [0.4, 0.5) is 0 Å². The van der Waals surface area contributed by atoms with Crippen LogP contribution in [0.15, 0.2) is 0 Å². The van der Waals surface area contributed by atoms with Gasteiger partial charge in [-0.3, -0.25) is 13.6 Å². The van der Waals surface area contributed by atoms with Gasteiger partial charge < -0.3 is 10.2 Å². The van der Waals surface area contributed by atoms with Crippen molar-refractivity contribution in [1.29, 1.82) is 0 Å². The van der Waals surface area contributed by atoms with Crippen molar-refractivity contribution in [2.24, 2.45) is 0 Å². The first kappa shape index (κ1) is 15.0. The van der Waals surface area contributed by atoms with E-state index < -0.39 is 7.82 Å². The summed E-state index contributed by atoms with van der Waals surface area (Å²) in [5, 5.41) is 17.0. The molecule has 0 rings (SSSR count). The Morgan fingerprint density at radius 1 is 1.00 bits per heavy atom. The van der Waals surface area contributed by atoms with Gasteiger partial charge in [0.15, 0.2) is 0 Å². The zero-order chi connectivity index (χ0) is 11.6. The average Bonchev–Trinajstić information content (AvgIpc) is 2.24. The summed E-state index contributed by atoms with van der Waals surface area (Å²) in [6.45, 7) is 1.49. The second-order valence-corrected chi connectivity index (χ2v) is 4.42. The molecule has 0 aromatic heterocycles. The summed E-state index contributed by atoms with van der Waals surface area (Å²) in [6, 6.07) is 0. The van der Waals surface area contributed by atoms with Gasteiger partial charge in [0.1, 0.15) is 0 Å². The van der Waals surface area contributed by atoms with Crippen LogP contribution in [0, 0.1) is 0 Å². The van der Waals surface area contributed by atoms with Gasteiger partial charge in [0.05, 0.1) is 33.0 Å². The van der Waals surface area contributed by atoms with Crippen LogP contribution in [0.3, 0.4) is 0 Å². The van der Waals surface area contributed by atoms with Crippen molar-refractivity contribution in [3.63, 3.8) is 0 Å². The second kappa shape index (κ2) is 9.27. The maximum Gasteiger partial charge on any atom is 0.474 e. The van der Waals surface area contributed by atoms with Crippen LogP contribution in [0.5, 0.6) is 0 Å². The topological polar surface area (TPSA) is 85.2 Å². The van der Waals surface area contributed by atoms with Gasteiger partial charge in [-0.2, -0.15) is 0 Å². The summed E-state index contributed by atoms with van der Waals surface area (Å²) >= 11 is 0. The van der Waals surface area contributed by atoms with Crippen molar-refractivity contribution in [3.8, 4) is 0 Å².